The first-order chi connectivity index (χ1) is 11.6. The molecular weight excluding hydrogens is 348 g/mol. The number of rotatable bonds is 9. The maximum Gasteiger partial charge on any atom is 0.234 e. The van der Waals surface area contributed by atoms with Gasteiger partial charge >= 0.3 is 0 Å². The smallest absolute Gasteiger partial charge is 0.234 e. The normalized spacial score (nSPS) is 10.4. The second kappa shape index (κ2) is 9.36. The molecule has 7 nitrogen and oxygen atoms in total. The van der Waals surface area contributed by atoms with E-state index in [0.717, 1.165) is 4.34 Å². The van der Waals surface area contributed by atoms with Gasteiger partial charge in [-0.1, -0.05) is 23.1 Å². The van der Waals surface area contributed by atoms with Crippen LogP contribution in [0, 0.1) is 0 Å². The van der Waals surface area contributed by atoms with Crippen molar-refractivity contribution in [1.29, 1.82) is 0 Å². The van der Waals surface area contributed by atoms with Gasteiger partial charge in [-0.2, -0.15) is 0 Å². The molecule has 24 heavy (non-hydrogen) atoms. The molecule has 2 rings (SSSR count). The number of anilines is 2. The summed E-state index contributed by atoms with van der Waals surface area (Å²) in [5, 5.41) is 14.6. The molecule has 128 valence electrons. The molecule has 0 spiro atoms. The van der Waals surface area contributed by atoms with E-state index in [0.29, 0.717) is 29.5 Å². The van der Waals surface area contributed by atoms with Crippen molar-refractivity contribution in [2.75, 3.05) is 36.6 Å². The van der Waals surface area contributed by atoms with E-state index in [9.17, 15) is 9.59 Å². The molecule has 0 saturated carbocycles. The Labute approximate surface area is 148 Å². The summed E-state index contributed by atoms with van der Waals surface area (Å²) in [5.41, 5.74) is 1.27. The van der Waals surface area contributed by atoms with Crippen LogP contribution < -0.4 is 10.6 Å². The lowest BCUT2D eigenvalue weighted by molar-refractivity contribution is -0.113. The Balaban J connectivity index is 1.77. The van der Waals surface area contributed by atoms with Gasteiger partial charge in [-0.25, -0.2) is 0 Å². The van der Waals surface area contributed by atoms with Crippen LogP contribution in [0.5, 0.6) is 0 Å². The van der Waals surface area contributed by atoms with E-state index in [1.54, 1.807) is 31.4 Å². The number of carbonyl (C=O) groups excluding carboxylic acids is 2. The fourth-order valence-electron chi connectivity index (χ4n) is 1.71. The van der Waals surface area contributed by atoms with Crippen LogP contribution in [0.15, 0.2) is 28.6 Å². The lowest BCUT2D eigenvalue weighted by Crippen LogP contribution is -2.14. The molecule has 9 heteroatoms. The van der Waals surface area contributed by atoms with Crippen molar-refractivity contribution >= 4 is 45.6 Å². The van der Waals surface area contributed by atoms with Gasteiger partial charge in [-0.15, -0.1) is 10.2 Å². The van der Waals surface area contributed by atoms with Crippen LogP contribution in [0.1, 0.15) is 17.3 Å². The summed E-state index contributed by atoms with van der Waals surface area (Å²) in [5.74, 6) is 0.0931. The number of hydrogen-bond acceptors (Lipinski definition) is 8. The van der Waals surface area contributed by atoms with Crippen LogP contribution in [-0.4, -0.2) is 47.9 Å². The highest BCUT2D eigenvalue weighted by molar-refractivity contribution is 8.01. The zero-order chi connectivity index (χ0) is 17.4. The zero-order valence-corrected chi connectivity index (χ0v) is 15.0. The molecule has 0 aliphatic heterocycles. The fourth-order valence-corrected chi connectivity index (χ4v) is 3.29. The maximum absolute atomic E-state index is 11.9. The number of amides is 1. The molecule has 1 heterocycles. The number of aromatic nitrogens is 2. The SMILES string of the molecule is COCCNc1nnc(SCC(=O)Nc2ccc(C(C)=O)cc2)s1. The highest BCUT2D eigenvalue weighted by Gasteiger charge is 2.09. The van der Waals surface area contributed by atoms with Gasteiger partial charge in [-0.3, -0.25) is 9.59 Å². The number of ketones is 1. The van der Waals surface area contributed by atoms with Crippen LogP contribution in [0.3, 0.4) is 0 Å². The van der Waals surface area contributed by atoms with E-state index in [1.807, 2.05) is 0 Å². The summed E-state index contributed by atoms with van der Waals surface area (Å²) < 4.78 is 5.66. The largest absolute Gasteiger partial charge is 0.383 e. The summed E-state index contributed by atoms with van der Waals surface area (Å²) in [7, 11) is 1.63. The number of ether oxygens (including phenoxy) is 1. The minimum atomic E-state index is -0.139. The van der Waals surface area contributed by atoms with Gasteiger partial charge in [-0.05, 0) is 31.2 Å². The molecule has 0 bridgehead atoms. The topological polar surface area (TPSA) is 93.2 Å². The van der Waals surface area contributed by atoms with Crippen LogP contribution in [0.25, 0.3) is 0 Å². The zero-order valence-electron chi connectivity index (χ0n) is 13.4. The number of nitrogens with zero attached hydrogens (tertiary/aromatic N) is 2. The molecule has 2 N–H and O–H groups in total. The van der Waals surface area contributed by atoms with E-state index < -0.39 is 0 Å². The molecule has 0 unspecified atom stereocenters. The molecule has 0 atom stereocenters. The second-order valence-corrected chi connectivity index (χ2v) is 6.96. The first-order valence-corrected chi connectivity index (χ1v) is 8.98. The Bertz CT molecular complexity index is 688. The number of carbonyl (C=O) groups is 2. The van der Waals surface area contributed by atoms with E-state index in [2.05, 4.69) is 20.8 Å². The van der Waals surface area contributed by atoms with Gasteiger partial charge in [0.1, 0.15) is 0 Å². The Morgan fingerprint density at radius 1 is 1.25 bits per heavy atom. The number of thioether (sulfide) groups is 1. The molecule has 0 radical (unpaired) electrons. The standard InChI is InChI=1S/C15H18N4O3S2/c1-10(20)11-3-5-12(6-4-11)17-13(21)9-23-15-19-18-14(24-15)16-7-8-22-2/h3-6H,7-9H2,1-2H3,(H,16,18)(H,17,21). The maximum atomic E-state index is 11.9. The van der Waals surface area contributed by atoms with Gasteiger partial charge in [0.05, 0.1) is 12.4 Å². The van der Waals surface area contributed by atoms with Crippen molar-refractivity contribution in [2.24, 2.45) is 0 Å². The Hall–Kier alpha value is -1.97. The molecular formula is C15H18N4O3S2. The number of benzene rings is 1. The Morgan fingerprint density at radius 3 is 2.67 bits per heavy atom. The fraction of sp³-hybridized carbons (Fsp3) is 0.333. The molecule has 0 fully saturated rings. The van der Waals surface area contributed by atoms with Crippen molar-refractivity contribution in [3.8, 4) is 0 Å². The van der Waals surface area contributed by atoms with Crippen LogP contribution >= 0.6 is 23.1 Å². The predicted molar refractivity (Wildman–Crippen MR) is 96.1 cm³/mol. The Kier molecular flexibility index (Phi) is 7.16. The van der Waals surface area contributed by atoms with E-state index >= 15 is 0 Å². The minimum Gasteiger partial charge on any atom is -0.383 e. The third-order valence-electron chi connectivity index (χ3n) is 2.89. The van der Waals surface area contributed by atoms with E-state index in [4.69, 9.17) is 4.74 Å². The van der Waals surface area contributed by atoms with Gasteiger partial charge in [0.15, 0.2) is 10.1 Å². The molecule has 1 aromatic carbocycles. The highest BCUT2D eigenvalue weighted by Crippen LogP contribution is 2.25. The monoisotopic (exact) mass is 366 g/mol. The molecule has 0 aliphatic carbocycles. The summed E-state index contributed by atoms with van der Waals surface area (Å²) in [6.45, 7) is 2.75. The summed E-state index contributed by atoms with van der Waals surface area (Å²) >= 11 is 2.72. The Morgan fingerprint density at radius 2 is 2.00 bits per heavy atom. The summed E-state index contributed by atoms with van der Waals surface area (Å²) in [6.07, 6.45) is 0. The van der Waals surface area contributed by atoms with Crippen molar-refractivity contribution in [1.82, 2.24) is 10.2 Å². The number of Topliss-reactive ketones (excluding diaryl/α,β-unsaturated/α-hetero) is 1. The summed E-state index contributed by atoms with van der Waals surface area (Å²) in [4.78, 5) is 23.2. The van der Waals surface area contributed by atoms with E-state index in [1.165, 1.54) is 30.0 Å². The number of methoxy groups -OCH3 is 1. The quantitative estimate of drug-likeness (QED) is 0.400. The third-order valence-corrected chi connectivity index (χ3v) is 4.91. The van der Waals surface area contributed by atoms with Gasteiger partial charge < -0.3 is 15.4 Å². The average Bonchev–Trinajstić information content (AvgIpc) is 3.02. The molecule has 2 aromatic rings. The van der Waals surface area contributed by atoms with E-state index in [-0.39, 0.29) is 17.4 Å². The molecule has 0 saturated heterocycles. The number of nitrogens with one attached hydrogen (secondary N) is 2. The summed E-state index contributed by atoms with van der Waals surface area (Å²) in [6, 6.07) is 6.80. The van der Waals surface area contributed by atoms with Gasteiger partial charge in [0, 0.05) is 24.9 Å². The molecule has 1 aromatic heterocycles. The molecule has 0 aliphatic rings. The average molecular weight is 366 g/mol. The minimum absolute atomic E-state index is 0.00499. The van der Waals surface area contributed by atoms with Crippen LogP contribution in [0.4, 0.5) is 10.8 Å². The second-order valence-electron chi connectivity index (χ2n) is 4.76. The van der Waals surface area contributed by atoms with Gasteiger partial charge in [0.2, 0.25) is 11.0 Å². The lowest BCUT2D eigenvalue weighted by Gasteiger charge is -2.04. The third kappa shape index (κ3) is 5.91. The lowest BCUT2D eigenvalue weighted by atomic mass is 10.1. The van der Waals surface area contributed by atoms with Crippen molar-refractivity contribution in [3.05, 3.63) is 29.8 Å². The van der Waals surface area contributed by atoms with Crippen molar-refractivity contribution in [3.63, 3.8) is 0 Å². The van der Waals surface area contributed by atoms with Crippen LogP contribution in [-0.2, 0) is 9.53 Å². The molecule has 1 amide bonds. The van der Waals surface area contributed by atoms with Crippen molar-refractivity contribution in [2.45, 2.75) is 11.3 Å². The first-order valence-electron chi connectivity index (χ1n) is 7.18. The number of hydrogen-bond donors (Lipinski definition) is 2. The van der Waals surface area contributed by atoms with Gasteiger partial charge in [0.25, 0.3) is 0 Å². The van der Waals surface area contributed by atoms with Crippen LogP contribution in [0.2, 0.25) is 0 Å². The van der Waals surface area contributed by atoms with Crippen molar-refractivity contribution < 1.29 is 14.3 Å². The highest BCUT2D eigenvalue weighted by atomic mass is 32.2. The first kappa shape index (κ1) is 18.4. The predicted octanol–water partition coefficient (Wildman–Crippen LogP) is 2.53.